The van der Waals surface area contributed by atoms with Crippen molar-refractivity contribution >= 4 is 34.9 Å². The molecule has 0 amide bonds. The highest BCUT2D eigenvalue weighted by Crippen LogP contribution is 2.30. The number of benzene rings is 4. The minimum absolute atomic E-state index is 0.535. The Labute approximate surface area is 226 Å². The zero-order valence-corrected chi connectivity index (χ0v) is 22.1. The van der Waals surface area contributed by atoms with Crippen LogP contribution in [0.4, 0.5) is 0 Å². The van der Waals surface area contributed by atoms with E-state index >= 15 is 0 Å². The largest absolute Gasteiger partial charge is 0.497 e. The number of carboxylic acids is 1. The standard InChI is InChI=1S/C31H27ClO4S/c1-21(31(33)34)36-27-14-16-29(17-15-27)37-19-18-30(24-10-12-26(32)13-11-24)23-8-6-22(7-9-23)25-4-3-5-28(20-25)35-2/h3-18,20-21H,19H2,1-2H3,(H,33,34). The molecule has 0 saturated carbocycles. The summed E-state index contributed by atoms with van der Waals surface area (Å²) < 4.78 is 10.8. The molecule has 0 fully saturated rings. The summed E-state index contributed by atoms with van der Waals surface area (Å²) in [6.07, 6.45) is 1.32. The van der Waals surface area contributed by atoms with Gasteiger partial charge in [-0.25, -0.2) is 4.79 Å². The van der Waals surface area contributed by atoms with E-state index in [2.05, 4.69) is 36.4 Å². The lowest BCUT2D eigenvalue weighted by Gasteiger charge is -2.12. The first-order valence-corrected chi connectivity index (χ1v) is 13.1. The van der Waals surface area contributed by atoms with Crippen molar-refractivity contribution in [2.24, 2.45) is 0 Å². The smallest absolute Gasteiger partial charge is 0.344 e. The van der Waals surface area contributed by atoms with Gasteiger partial charge in [0.25, 0.3) is 0 Å². The minimum Gasteiger partial charge on any atom is -0.497 e. The summed E-state index contributed by atoms with van der Waals surface area (Å²) in [5, 5.41) is 9.72. The van der Waals surface area contributed by atoms with E-state index in [1.54, 1.807) is 31.0 Å². The zero-order chi connectivity index (χ0) is 26.2. The average molecular weight is 531 g/mol. The molecule has 0 saturated heterocycles. The van der Waals surface area contributed by atoms with Crippen LogP contribution in [0.5, 0.6) is 11.5 Å². The van der Waals surface area contributed by atoms with Gasteiger partial charge in [-0.3, -0.25) is 0 Å². The molecule has 1 unspecified atom stereocenters. The van der Waals surface area contributed by atoms with Gasteiger partial charge in [0.05, 0.1) is 7.11 Å². The van der Waals surface area contributed by atoms with E-state index in [-0.39, 0.29) is 0 Å². The molecule has 0 heterocycles. The average Bonchev–Trinajstić information content (AvgIpc) is 2.93. The third kappa shape index (κ3) is 7.19. The van der Waals surface area contributed by atoms with E-state index < -0.39 is 12.1 Å². The third-order valence-electron chi connectivity index (χ3n) is 5.78. The van der Waals surface area contributed by atoms with Gasteiger partial charge in [0, 0.05) is 15.7 Å². The van der Waals surface area contributed by atoms with Crippen LogP contribution >= 0.6 is 23.4 Å². The van der Waals surface area contributed by atoms with Crippen LogP contribution < -0.4 is 9.47 Å². The molecule has 0 aliphatic carbocycles. The van der Waals surface area contributed by atoms with Crippen molar-refractivity contribution in [3.8, 4) is 22.6 Å². The highest BCUT2D eigenvalue weighted by molar-refractivity contribution is 7.99. The molecule has 4 aromatic rings. The molecule has 0 aromatic heterocycles. The van der Waals surface area contributed by atoms with Crippen LogP contribution in [0.25, 0.3) is 16.7 Å². The molecule has 37 heavy (non-hydrogen) atoms. The second-order valence-corrected chi connectivity index (χ2v) is 9.84. The molecular weight excluding hydrogens is 504 g/mol. The summed E-state index contributed by atoms with van der Waals surface area (Å²) in [6, 6.07) is 31.9. The summed E-state index contributed by atoms with van der Waals surface area (Å²) in [4.78, 5) is 12.1. The minimum atomic E-state index is -0.991. The molecule has 1 N–H and O–H groups in total. The summed E-state index contributed by atoms with van der Waals surface area (Å²) in [7, 11) is 1.67. The van der Waals surface area contributed by atoms with Crippen LogP contribution in [0.1, 0.15) is 18.1 Å². The van der Waals surface area contributed by atoms with Crippen LogP contribution in [0.3, 0.4) is 0 Å². The molecule has 0 bridgehead atoms. The SMILES string of the molecule is COc1cccc(-c2ccc(C(=CCSc3ccc(OC(C)C(=O)O)cc3)c3ccc(Cl)cc3)cc2)c1. The number of thioether (sulfide) groups is 1. The topological polar surface area (TPSA) is 55.8 Å². The van der Waals surface area contributed by atoms with Gasteiger partial charge in [-0.2, -0.15) is 0 Å². The molecular formula is C31H27ClO4S. The number of ether oxygens (including phenoxy) is 2. The number of hydrogen-bond donors (Lipinski definition) is 1. The second kappa shape index (κ2) is 12.5. The van der Waals surface area contributed by atoms with Crippen LogP contribution in [0, 0.1) is 0 Å². The Bertz CT molecular complexity index is 1360. The summed E-state index contributed by atoms with van der Waals surface area (Å²) in [6.45, 7) is 1.51. The van der Waals surface area contributed by atoms with Crippen molar-refractivity contribution in [1.82, 2.24) is 0 Å². The Hall–Kier alpha value is -3.67. The molecule has 6 heteroatoms. The third-order valence-corrected chi connectivity index (χ3v) is 6.97. The number of hydrogen-bond acceptors (Lipinski definition) is 4. The highest BCUT2D eigenvalue weighted by Gasteiger charge is 2.12. The van der Waals surface area contributed by atoms with Crippen molar-refractivity contribution in [2.75, 3.05) is 12.9 Å². The van der Waals surface area contributed by atoms with Crippen LogP contribution in [0.2, 0.25) is 5.02 Å². The fraction of sp³-hybridized carbons (Fsp3) is 0.129. The van der Waals surface area contributed by atoms with Gasteiger partial charge in [-0.15, -0.1) is 11.8 Å². The first-order valence-electron chi connectivity index (χ1n) is 11.8. The lowest BCUT2D eigenvalue weighted by atomic mass is 9.95. The normalized spacial score (nSPS) is 12.1. The summed E-state index contributed by atoms with van der Waals surface area (Å²) >= 11 is 7.84. The number of carboxylic acid groups (broad SMARTS) is 1. The maximum Gasteiger partial charge on any atom is 0.344 e. The summed E-state index contributed by atoms with van der Waals surface area (Å²) in [5.41, 5.74) is 5.54. The molecule has 188 valence electrons. The van der Waals surface area contributed by atoms with Gasteiger partial charge in [0.1, 0.15) is 11.5 Å². The number of aliphatic carboxylic acids is 1. The van der Waals surface area contributed by atoms with Gasteiger partial charge in [-0.1, -0.05) is 66.2 Å². The number of halogens is 1. The number of carbonyl (C=O) groups is 1. The monoisotopic (exact) mass is 530 g/mol. The van der Waals surface area contributed by atoms with E-state index in [0.29, 0.717) is 10.8 Å². The maximum atomic E-state index is 11.0. The molecule has 4 rings (SSSR count). The van der Waals surface area contributed by atoms with E-state index in [1.807, 2.05) is 54.6 Å². The van der Waals surface area contributed by atoms with Crippen molar-refractivity contribution in [1.29, 1.82) is 0 Å². The zero-order valence-electron chi connectivity index (χ0n) is 20.6. The Morgan fingerprint density at radius 2 is 1.54 bits per heavy atom. The van der Waals surface area contributed by atoms with Gasteiger partial charge in [-0.05, 0) is 83.3 Å². The van der Waals surface area contributed by atoms with Crippen molar-refractivity contribution in [2.45, 2.75) is 17.9 Å². The van der Waals surface area contributed by atoms with Gasteiger partial charge in [0.15, 0.2) is 6.10 Å². The van der Waals surface area contributed by atoms with E-state index in [1.165, 1.54) is 6.92 Å². The Morgan fingerprint density at radius 1 is 0.892 bits per heavy atom. The van der Waals surface area contributed by atoms with E-state index in [0.717, 1.165) is 44.2 Å². The van der Waals surface area contributed by atoms with Crippen LogP contribution in [0.15, 0.2) is 108 Å². The molecule has 0 aliphatic heterocycles. The van der Waals surface area contributed by atoms with Gasteiger partial charge < -0.3 is 14.6 Å². The Morgan fingerprint density at radius 3 is 2.16 bits per heavy atom. The first-order chi connectivity index (χ1) is 17.9. The maximum absolute atomic E-state index is 11.0. The van der Waals surface area contributed by atoms with Crippen molar-refractivity contribution in [3.63, 3.8) is 0 Å². The number of rotatable bonds is 10. The lowest BCUT2D eigenvalue weighted by molar-refractivity contribution is -0.144. The van der Waals surface area contributed by atoms with Crippen molar-refractivity contribution < 1.29 is 19.4 Å². The Balaban J connectivity index is 1.53. The molecule has 4 aromatic carbocycles. The fourth-order valence-corrected chi connectivity index (χ4v) is 4.66. The number of methoxy groups -OCH3 is 1. The van der Waals surface area contributed by atoms with Gasteiger partial charge >= 0.3 is 5.97 Å². The summed E-state index contributed by atoms with van der Waals surface area (Å²) in [5.74, 6) is 1.13. The van der Waals surface area contributed by atoms with Crippen molar-refractivity contribution in [3.05, 3.63) is 119 Å². The fourth-order valence-electron chi connectivity index (χ4n) is 3.77. The van der Waals surface area contributed by atoms with Gasteiger partial charge in [0.2, 0.25) is 0 Å². The lowest BCUT2D eigenvalue weighted by Crippen LogP contribution is -2.22. The highest BCUT2D eigenvalue weighted by atomic mass is 35.5. The first kappa shape index (κ1) is 26.4. The van der Waals surface area contributed by atoms with E-state index in [4.69, 9.17) is 26.2 Å². The predicted octanol–water partition coefficient (Wildman–Crippen LogP) is 8.09. The molecule has 0 aliphatic rings. The molecule has 4 nitrogen and oxygen atoms in total. The molecule has 1 atom stereocenters. The van der Waals surface area contributed by atoms with Crippen LogP contribution in [-0.4, -0.2) is 30.0 Å². The Kier molecular flexibility index (Phi) is 8.94. The quantitative estimate of drug-likeness (QED) is 0.210. The second-order valence-electron chi connectivity index (χ2n) is 8.31. The predicted molar refractivity (Wildman–Crippen MR) is 152 cm³/mol. The van der Waals surface area contributed by atoms with E-state index in [9.17, 15) is 4.79 Å². The molecule has 0 radical (unpaired) electrons. The molecule has 0 spiro atoms. The van der Waals surface area contributed by atoms with Crippen LogP contribution in [-0.2, 0) is 4.79 Å².